The quantitative estimate of drug-likeness (QED) is 0.383. The summed E-state index contributed by atoms with van der Waals surface area (Å²) in [4.78, 5) is 17.5. The maximum Gasteiger partial charge on any atom is 0.237 e. The van der Waals surface area contributed by atoms with Crippen LogP contribution in [0.3, 0.4) is 0 Å². The predicted molar refractivity (Wildman–Crippen MR) is 120 cm³/mol. The lowest BCUT2D eigenvalue weighted by molar-refractivity contribution is -0.115. The van der Waals surface area contributed by atoms with Gasteiger partial charge in [0.05, 0.1) is 17.8 Å². The maximum absolute atomic E-state index is 12.9. The first-order valence-corrected chi connectivity index (χ1v) is 10.8. The van der Waals surface area contributed by atoms with Crippen LogP contribution in [0.4, 0.5) is 5.69 Å². The number of carbonyl (C=O) groups excluding carboxylic acids is 1. The minimum Gasteiger partial charge on any atom is -0.463 e. The molecule has 1 N–H and O–H groups in total. The molecule has 0 aliphatic heterocycles. The summed E-state index contributed by atoms with van der Waals surface area (Å²) in [6, 6.07) is 13.0. The van der Waals surface area contributed by atoms with E-state index in [1.54, 1.807) is 36.8 Å². The lowest BCUT2D eigenvalue weighted by Crippen LogP contribution is -2.25. The van der Waals surface area contributed by atoms with Gasteiger partial charge in [0.15, 0.2) is 17.2 Å². The van der Waals surface area contributed by atoms with E-state index in [0.29, 0.717) is 34.5 Å². The van der Waals surface area contributed by atoms with Gasteiger partial charge in [-0.25, -0.2) is 4.98 Å². The van der Waals surface area contributed by atoms with E-state index in [0.717, 1.165) is 11.3 Å². The van der Waals surface area contributed by atoms with Gasteiger partial charge in [0.25, 0.3) is 0 Å². The highest BCUT2D eigenvalue weighted by molar-refractivity contribution is 8.00. The van der Waals surface area contributed by atoms with Crippen molar-refractivity contribution >= 4 is 23.4 Å². The van der Waals surface area contributed by atoms with Gasteiger partial charge in [-0.3, -0.25) is 4.79 Å². The molecule has 0 bridgehead atoms. The van der Waals surface area contributed by atoms with E-state index in [9.17, 15) is 4.79 Å². The van der Waals surface area contributed by atoms with Crippen LogP contribution in [-0.2, 0) is 4.79 Å². The number of hydrogen-bond acceptors (Lipinski definition) is 7. The number of rotatable bonds is 7. The van der Waals surface area contributed by atoms with E-state index in [1.165, 1.54) is 17.3 Å². The second kappa shape index (κ2) is 9.18. The van der Waals surface area contributed by atoms with Gasteiger partial charge in [0, 0.05) is 5.69 Å². The molecule has 1 amide bonds. The topological polar surface area (TPSA) is 94.1 Å². The van der Waals surface area contributed by atoms with Crippen molar-refractivity contribution in [1.82, 2.24) is 15.2 Å². The lowest BCUT2D eigenvalue weighted by atomic mass is 10.1. The Morgan fingerprint density at radius 3 is 2.32 bits per heavy atom. The summed E-state index contributed by atoms with van der Waals surface area (Å²) in [5.41, 5.74) is 4.08. The number of benzene rings is 1. The number of carbonyl (C=O) groups is 1. The Morgan fingerprint density at radius 2 is 1.71 bits per heavy atom. The molecule has 0 aliphatic carbocycles. The molecule has 4 aromatic rings. The van der Waals surface area contributed by atoms with E-state index in [-0.39, 0.29) is 11.2 Å². The molecule has 4 rings (SSSR count). The Bertz CT molecular complexity index is 1170. The van der Waals surface area contributed by atoms with E-state index >= 15 is 0 Å². The summed E-state index contributed by atoms with van der Waals surface area (Å²) < 4.78 is 11.0. The summed E-state index contributed by atoms with van der Waals surface area (Å²) in [5.74, 6) is 0.993. The first kappa shape index (κ1) is 20.9. The molecule has 8 heteroatoms. The molecule has 0 spiro atoms. The van der Waals surface area contributed by atoms with Crippen molar-refractivity contribution in [1.29, 1.82) is 0 Å². The Kier molecular flexibility index (Phi) is 6.18. The highest BCUT2D eigenvalue weighted by Gasteiger charge is 2.23. The van der Waals surface area contributed by atoms with Crippen molar-refractivity contribution in [3.8, 4) is 22.9 Å². The lowest BCUT2D eigenvalue weighted by Gasteiger charge is -2.15. The zero-order valence-corrected chi connectivity index (χ0v) is 18.3. The van der Waals surface area contributed by atoms with Crippen LogP contribution >= 0.6 is 11.8 Å². The Balaban J connectivity index is 1.57. The van der Waals surface area contributed by atoms with Gasteiger partial charge in [-0.15, -0.1) is 10.2 Å². The molecule has 3 aromatic heterocycles. The molecule has 7 nitrogen and oxygen atoms in total. The summed E-state index contributed by atoms with van der Waals surface area (Å²) in [7, 11) is 0. The predicted octanol–water partition coefficient (Wildman–Crippen LogP) is 5.52. The Morgan fingerprint density at radius 1 is 1.00 bits per heavy atom. The van der Waals surface area contributed by atoms with Crippen molar-refractivity contribution < 1.29 is 13.6 Å². The summed E-state index contributed by atoms with van der Waals surface area (Å²) >= 11 is 1.27. The van der Waals surface area contributed by atoms with Gasteiger partial charge in [-0.05, 0) is 67.8 Å². The zero-order chi connectivity index (χ0) is 21.8. The van der Waals surface area contributed by atoms with Gasteiger partial charge < -0.3 is 14.2 Å². The number of nitrogens with one attached hydrogen (secondary N) is 1. The van der Waals surface area contributed by atoms with E-state index in [2.05, 4.69) is 20.5 Å². The number of aromatic nitrogens is 3. The minimum atomic E-state index is -0.373. The number of nitrogens with zero attached hydrogens (tertiary/aromatic N) is 3. The standard InChI is InChI=1S/C23H22N4O3S/c1-4-19(22(28)24-16-10-9-14(2)15(3)13-16)31-23-25-20(17-7-5-11-29-17)21(26-27-23)18-8-6-12-30-18/h5-13,19H,4H2,1-3H3,(H,24,28). The molecular formula is C23H22N4O3S. The number of thioether (sulfide) groups is 1. The number of furan rings is 2. The third-order valence-corrected chi connectivity index (χ3v) is 6.08. The van der Waals surface area contributed by atoms with Gasteiger partial charge in [0.1, 0.15) is 5.69 Å². The fourth-order valence-electron chi connectivity index (χ4n) is 3.02. The third-order valence-electron chi connectivity index (χ3n) is 4.86. The van der Waals surface area contributed by atoms with Crippen LogP contribution in [0.15, 0.2) is 69.0 Å². The van der Waals surface area contributed by atoms with Crippen molar-refractivity contribution in [3.05, 3.63) is 66.1 Å². The van der Waals surface area contributed by atoms with Gasteiger partial charge in [-0.2, -0.15) is 0 Å². The Labute approximate surface area is 184 Å². The van der Waals surface area contributed by atoms with E-state index in [4.69, 9.17) is 8.83 Å². The van der Waals surface area contributed by atoms with Crippen LogP contribution in [0.25, 0.3) is 22.9 Å². The second-order valence-corrected chi connectivity index (χ2v) is 8.22. The van der Waals surface area contributed by atoms with Gasteiger partial charge >= 0.3 is 0 Å². The van der Waals surface area contributed by atoms with Crippen LogP contribution in [-0.4, -0.2) is 26.3 Å². The molecule has 0 radical (unpaired) electrons. The average Bonchev–Trinajstić information content (AvgIpc) is 3.49. The fourth-order valence-corrected chi connectivity index (χ4v) is 3.84. The monoisotopic (exact) mass is 434 g/mol. The number of amides is 1. The van der Waals surface area contributed by atoms with Gasteiger partial charge in [0.2, 0.25) is 11.1 Å². The average molecular weight is 435 g/mol. The zero-order valence-electron chi connectivity index (χ0n) is 17.5. The first-order chi connectivity index (χ1) is 15.0. The normalized spacial score (nSPS) is 12.0. The molecule has 1 unspecified atom stereocenters. The van der Waals surface area contributed by atoms with E-state index < -0.39 is 0 Å². The summed E-state index contributed by atoms with van der Waals surface area (Å²) in [5, 5.41) is 11.5. The number of anilines is 1. The van der Waals surface area contributed by atoms with Crippen LogP contribution < -0.4 is 5.32 Å². The molecule has 0 saturated heterocycles. The highest BCUT2D eigenvalue weighted by atomic mass is 32.2. The van der Waals surface area contributed by atoms with E-state index in [1.807, 2.05) is 39.0 Å². The fraction of sp³-hybridized carbons (Fsp3) is 0.217. The van der Waals surface area contributed by atoms with Crippen LogP contribution in [0.1, 0.15) is 24.5 Å². The molecule has 31 heavy (non-hydrogen) atoms. The molecule has 3 heterocycles. The van der Waals surface area contributed by atoms with Crippen LogP contribution in [0.5, 0.6) is 0 Å². The number of aryl methyl sites for hydroxylation is 2. The molecule has 0 saturated carbocycles. The third kappa shape index (κ3) is 4.69. The molecule has 158 valence electrons. The van der Waals surface area contributed by atoms with Crippen LogP contribution in [0, 0.1) is 13.8 Å². The van der Waals surface area contributed by atoms with Crippen LogP contribution in [0.2, 0.25) is 0 Å². The summed E-state index contributed by atoms with van der Waals surface area (Å²) in [6.07, 6.45) is 3.75. The minimum absolute atomic E-state index is 0.103. The van der Waals surface area contributed by atoms with Gasteiger partial charge in [-0.1, -0.05) is 24.8 Å². The SMILES string of the molecule is CCC(Sc1nnc(-c2ccco2)c(-c2ccco2)n1)C(=O)Nc1ccc(C)c(C)c1. The summed E-state index contributed by atoms with van der Waals surface area (Å²) in [6.45, 7) is 6.02. The number of hydrogen-bond donors (Lipinski definition) is 1. The van der Waals surface area contributed by atoms with Crippen molar-refractivity contribution in [2.75, 3.05) is 5.32 Å². The van der Waals surface area contributed by atoms with Crippen molar-refractivity contribution in [2.24, 2.45) is 0 Å². The second-order valence-electron chi connectivity index (χ2n) is 7.05. The highest BCUT2D eigenvalue weighted by Crippen LogP contribution is 2.32. The molecule has 1 aromatic carbocycles. The molecular weight excluding hydrogens is 412 g/mol. The van der Waals surface area contributed by atoms with Crippen molar-refractivity contribution in [2.45, 2.75) is 37.6 Å². The Hall–Kier alpha value is -3.39. The first-order valence-electron chi connectivity index (χ1n) is 9.92. The molecule has 0 aliphatic rings. The smallest absolute Gasteiger partial charge is 0.237 e. The maximum atomic E-state index is 12.9. The largest absolute Gasteiger partial charge is 0.463 e. The molecule has 1 atom stereocenters. The van der Waals surface area contributed by atoms with Crippen molar-refractivity contribution in [3.63, 3.8) is 0 Å². The molecule has 0 fully saturated rings.